The second-order valence-electron chi connectivity index (χ2n) is 6.66. The molecule has 2 aromatic carbocycles. The molecule has 0 unspecified atom stereocenters. The fraction of sp³-hybridized carbons (Fsp3) is 0.300. The molecule has 0 aliphatic heterocycles. The number of rotatable bonds is 7. The minimum atomic E-state index is -3.33. The molecule has 9 heteroatoms. The summed E-state index contributed by atoms with van der Waals surface area (Å²) >= 11 is 1.34. The zero-order valence-electron chi connectivity index (χ0n) is 16.6. The molecule has 0 aliphatic rings. The lowest BCUT2D eigenvalue weighted by molar-refractivity contribution is -0.115. The van der Waals surface area contributed by atoms with Crippen molar-refractivity contribution in [1.82, 2.24) is 4.98 Å². The Hall–Kier alpha value is -2.65. The van der Waals surface area contributed by atoms with Crippen molar-refractivity contribution in [2.24, 2.45) is 0 Å². The molecular weight excluding hydrogens is 412 g/mol. The van der Waals surface area contributed by atoms with E-state index in [9.17, 15) is 13.2 Å². The van der Waals surface area contributed by atoms with Crippen LogP contribution in [0.2, 0.25) is 0 Å². The van der Waals surface area contributed by atoms with Gasteiger partial charge in [-0.1, -0.05) is 23.5 Å². The highest BCUT2D eigenvalue weighted by molar-refractivity contribution is 7.92. The molecule has 7 nitrogen and oxygen atoms in total. The monoisotopic (exact) mass is 434 g/mol. The number of sulfone groups is 1. The van der Waals surface area contributed by atoms with Gasteiger partial charge < -0.3 is 14.8 Å². The molecule has 1 amide bonds. The molecule has 1 N–H and O–H groups in total. The van der Waals surface area contributed by atoms with Gasteiger partial charge in [-0.3, -0.25) is 4.79 Å². The van der Waals surface area contributed by atoms with Gasteiger partial charge in [0.1, 0.15) is 0 Å². The van der Waals surface area contributed by atoms with Crippen molar-refractivity contribution in [2.45, 2.75) is 30.4 Å². The largest absolute Gasteiger partial charge is 0.493 e. The lowest BCUT2D eigenvalue weighted by Crippen LogP contribution is -2.15. The first-order valence-corrected chi connectivity index (χ1v) is 11.3. The second-order valence-corrected chi connectivity index (χ2v) is 10.2. The number of amides is 1. The third-order valence-electron chi connectivity index (χ3n) is 4.38. The molecule has 0 atom stereocenters. The van der Waals surface area contributed by atoms with E-state index < -0.39 is 15.1 Å². The highest BCUT2D eigenvalue weighted by Crippen LogP contribution is 2.36. The molecule has 0 aliphatic carbocycles. The van der Waals surface area contributed by atoms with Crippen molar-refractivity contribution in [3.05, 3.63) is 42.0 Å². The molecule has 0 saturated carbocycles. The molecule has 1 heterocycles. The van der Waals surface area contributed by atoms with Crippen LogP contribution in [0.4, 0.5) is 5.13 Å². The number of ether oxygens (including phenoxy) is 2. The maximum absolute atomic E-state index is 12.4. The summed E-state index contributed by atoms with van der Waals surface area (Å²) in [6, 6.07) is 9.96. The predicted molar refractivity (Wildman–Crippen MR) is 114 cm³/mol. The Bertz CT molecular complexity index is 1090. The van der Waals surface area contributed by atoms with Crippen molar-refractivity contribution in [1.29, 1.82) is 0 Å². The molecule has 3 rings (SSSR count). The molecule has 0 saturated heterocycles. The Morgan fingerprint density at radius 2 is 1.72 bits per heavy atom. The lowest BCUT2D eigenvalue weighted by atomic mass is 10.1. The first kappa shape index (κ1) is 21.1. The number of thiazole rings is 1. The van der Waals surface area contributed by atoms with Crippen LogP contribution in [0, 0.1) is 0 Å². The summed E-state index contributed by atoms with van der Waals surface area (Å²) in [4.78, 5) is 17.1. The minimum Gasteiger partial charge on any atom is -0.493 e. The van der Waals surface area contributed by atoms with Crippen LogP contribution in [0.5, 0.6) is 11.5 Å². The van der Waals surface area contributed by atoms with Crippen LogP contribution in [-0.2, 0) is 21.1 Å². The smallest absolute Gasteiger partial charge is 0.230 e. The van der Waals surface area contributed by atoms with Gasteiger partial charge in [0, 0.05) is 12.1 Å². The van der Waals surface area contributed by atoms with Gasteiger partial charge >= 0.3 is 0 Å². The standard InChI is InChI=1S/C20H22N2O5S2/c1-12(2)29(24,25)14-7-5-13(6-8-14)9-19(23)22-20-21-15-10-16(26-3)17(27-4)11-18(15)28-20/h5-8,10-12H,9H2,1-4H3,(H,21,22,23). The number of nitrogens with one attached hydrogen (secondary N) is 1. The summed E-state index contributed by atoms with van der Waals surface area (Å²) < 4.78 is 35.8. The number of benzene rings is 2. The molecular formula is C20H22N2O5S2. The number of aromatic nitrogens is 1. The van der Waals surface area contributed by atoms with E-state index >= 15 is 0 Å². The van der Waals surface area contributed by atoms with Gasteiger partial charge in [-0.15, -0.1) is 0 Å². The maximum Gasteiger partial charge on any atom is 0.230 e. The fourth-order valence-corrected chi connectivity index (χ4v) is 4.68. The number of hydrogen-bond acceptors (Lipinski definition) is 7. The van der Waals surface area contributed by atoms with Crippen molar-refractivity contribution >= 4 is 42.4 Å². The normalized spacial score (nSPS) is 11.6. The molecule has 29 heavy (non-hydrogen) atoms. The molecule has 1 aromatic heterocycles. The van der Waals surface area contributed by atoms with Gasteiger partial charge in [0.15, 0.2) is 26.5 Å². The summed E-state index contributed by atoms with van der Waals surface area (Å²) in [7, 11) is -0.214. The van der Waals surface area contributed by atoms with Gasteiger partial charge in [-0.05, 0) is 31.5 Å². The van der Waals surface area contributed by atoms with Crippen LogP contribution in [0.3, 0.4) is 0 Å². The van der Waals surface area contributed by atoms with Crippen LogP contribution >= 0.6 is 11.3 Å². The third-order valence-corrected chi connectivity index (χ3v) is 7.48. The highest BCUT2D eigenvalue weighted by Gasteiger charge is 2.19. The number of nitrogens with zero attached hydrogens (tertiary/aromatic N) is 1. The lowest BCUT2D eigenvalue weighted by Gasteiger charge is -2.08. The van der Waals surface area contributed by atoms with Crippen molar-refractivity contribution < 1.29 is 22.7 Å². The number of hydrogen-bond donors (Lipinski definition) is 1. The summed E-state index contributed by atoms with van der Waals surface area (Å²) in [6.07, 6.45) is 0.116. The molecule has 0 radical (unpaired) electrons. The van der Waals surface area contributed by atoms with Gasteiger partial charge in [0.05, 0.1) is 41.0 Å². The highest BCUT2D eigenvalue weighted by atomic mass is 32.2. The average Bonchev–Trinajstić information content (AvgIpc) is 3.07. The zero-order valence-corrected chi connectivity index (χ0v) is 18.2. The summed E-state index contributed by atoms with van der Waals surface area (Å²) in [5.74, 6) is 0.931. The van der Waals surface area contributed by atoms with E-state index in [2.05, 4.69) is 10.3 Å². The van der Waals surface area contributed by atoms with E-state index in [0.29, 0.717) is 22.1 Å². The number of carbonyl (C=O) groups is 1. The van der Waals surface area contributed by atoms with Crippen molar-refractivity contribution in [3.63, 3.8) is 0 Å². The van der Waals surface area contributed by atoms with E-state index in [4.69, 9.17) is 9.47 Å². The quantitative estimate of drug-likeness (QED) is 0.610. The SMILES string of the molecule is COc1cc2nc(NC(=O)Cc3ccc(S(=O)(=O)C(C)C)cc3)sc2cc1OC. The van der Waals surface area contributed by atoms with E-state index in [1.54, 1.807) is 46.3 Å². The second kappa shape index (κ2) is 8.38. The molecule has 0 bridgehead atoms. The van der Waals surface area contributed by atoms with Gasteiger partial charge in [0.2, 0.25) is 5.91 Å². The number of anilines is 1. The molecule has 0 spiro atoms. The fourth-order valence-electron chi connectivity index (χ4n) is 2.73. The van der Waals surface area contributed by atoms with Crippen LogP contribution in [0.1, 0.15) is 19.4 Å². The van der Waals surface area contributed by atoms with Gasteiger partial charge in [-0.2, -0.15) is 0 Å². The van der Waals surface area contributed by atoms with E-state index in [1.165, 1.54) is 23.5 Å². The molecule has 154 valence electrons. The summed E-state index contributed by atoms with van der Waals surface area (Å²) in [5.41, 5.74) is 1.42. The Morgan fingerprint density at radius 1 is 1.10 bits per heavy atom. The molecule has 0 fully saturated rings. The van der Waals surface area contributed by atoms with E-state index in [0.717, 1.165) is 10.3 Å². The number of carbonyl (C=O) groups excluding carboxylic acids is 1. The summed E-state index contributed by atoms with van der Waals surface area (Å²) in [5, 5.41) is 2.77. The Morgan fingerprint density at radius 3 is 2.31 bits per heavy atom. The first-order chi connectivity index (χ1) is 13.7. The zero-order chi connectivity index (χ0) is 21.2. The van der Waals surface area contributed by atoms with Crippen molar-refractivity contribution in [3.8, 4) is 11.5 Å². The average molecular weight is 435 g/mol. The van der Waals surface area contributed by atoms with Gasteiger partial charge in [-0.25, -0.2) is 13.4 Å². The Labute approximate surface area is 173 Å². The van der Waals surface area contributed by atoms with Crippen LogP contribution in [-0.4, -0.2) is 38.8 Å². The van der Waals surface area contributed by atoms with Gasteiger partial charge in [0.25, 0.3) is 0 Å². The molecule has 3 aromatic rings. The first-order valence-electron chi connectivity index (χ1n) is 8.90. The van der Waals surface area contributed by atoms with Crippen LogP contribution in [0.25, 0.3) is 10.2 Å². The number of fused-ring (bicyclic) bond motifs is 1. The Balaban J connectivity index is 1.72. The van der Waals surface area contributed by atoms with Crippen LogP contribution < -0.4 is 14.8 Å². The number of methoxy groups -OCH3 is 2. The minimum absolute atomic E-state index is 0.116. The maximum atomic E-state index is 12.4. The topological polar surface area (TPSA) is 94.6 Å². The van der Waals surface area contributed by atoms with Crippen molar-refractivity contribution in [2.75, 3.05) is 19.5 Å². The Kier molecular flexibility index (Phi) is 6.09. The van der Waals surface area contributed by atoms with Crippen LogP contribution in [0.15, 0.2) is 41.3 Å². The summed E-state index contributed by atoms with van der Waals surface area (Å²) in [6.45, 7) is 3.28. The third kappa shape index (κ3) is 4.51. The van der Waals surface area contributed by atoms with E-state index in [-0.39, 0.29) is 17.2 Å². The van der Waals surface area contributed by atoms with E-state index in [1.807, 2.05) is 6.07 Å². The predicted octanol–water partition coefficient (Wildman–Crippen LogP) is 3.68.